The molecule has 2 N–H and O–H groups in total. The molecule has 41 heavy (non-hydrogen) atoms. The highest BCUT2D eigenvalue weighted by Gasteiger charge is 2.21. The van der Waals surface area contributed by atoms with Gasteiger partial charge in [0.15, 0.2) is 0 Å². The van der Waals surface area contributed by atoms with Crippen LogP contribution in [0.3, 0.4) is 0 Å². The molecular weight excluding hydrogens is 538 g/mol. The van der Waals surface area contributed by atoms with Crippen molar-refractivity contribution in [1.29, 1.82) is 0 Å². The smallest absolute Gasteiger partial charge is 0.265 e. The molecule has 1 aromatic heterocycles. The van der Waals surface area contributed by atoms with Crippen molar-refractivity contribution in [3.05, 3.63) is 100 Å². The number of carbonyl (C=O) groups excluding carboxylic acids is 2. The van der Waals surface area contributed by atoms with Crippen molar-refractivity contribution in [2.24, 2.45) is 7.05 Å². The molecule has 0 saturated heterocycles. The molecule has 8 nitrogen and oxygen atoms in total. The summed E-state index contributed by atoms with van der Waals surface area (Å²) in [7, 11) is -0.541. The van der Waals surface area contributed by atoms with E-state index in [0.29, 0.717) is 29.9 Å². The van der Waals surface area contributed by atoms with Gasteiger partial charge in [0, 0.05) is 48.2 Å². The third kappa shape index (κ3) is 6.69. The summed E-state index contributed by atoms with van der Waals surface area (Å²) in [5.74, 6) is -0.346. The van der Waals surface area contributed by atoms with Crippen LogP contribution < -0.4 is 14.8 Å². The van der Waals surface area contributed by atoms with E-state index < -0.39 is 15.9 Å². The molecule has 214 valence electrons. The third-order valence-electron chi connectivity index (χ3n) is 6.91. The lowest BCUT2D eigenvalue weighted by Crippen LogP contribution is -2.31. The van der Waals surface area contributed by atoms with E-state index in [1.807, 2.05) is 42.9 Å². The van der Waals surface area contributed by atoms with Crippen molar-refractivity contribution in [3.63, 3.8) is 0 Å². The standard InChI is InChI=1S/C32H35N3O5S/c1-6-15-33-31(36)22(3)16-23-11-14-28-27(17-23)26(20-35(28)4)18-24-12-13-25(19-29(24)40-5)32(37)34-41(38,39)30-10-8-7-9-21(30)2/h7-14,16-17,19-20H,6,15,18H2,1-5H3,(H,33,36)(H,34,37). The zero-order valence-corrected chi connectivity index (χ0v) is 24.8. The third-order valence-corrected chi connectivity index (χ3v) is 8.40. The van der Waals surface area contributed by atoms with E-state index in [4.69, 9.17) is 4.74 Å². The molecular formula is C32H35N3O5S. The average molecular weight is 574 g/mol. The fourth-order valence-corrected chi connectivity index (χ4v) is 5.97. The summed E-state index contributed by atoms with van der Waals surface area (Å²) in [6, 6.07) is 17.5. The van der Waals surface area contributed by atoms with Gasteiger partial charge in [-0.3, -0.25) is 9.59 Å². The van der Waals surface area contributed by atoms with Crippen molar-refractivity contribution >= 4 is 38.8 Å². The summed E-state index contributed by atoms with van der Waals surface area (Å²) in [5, 5.41) is 3.94. The molecule has 0 saturated carbocycles. The molecule has 3 aromatic carbocycles. The van der Waals surface area contributed by atoms with Crippen molar-refractivity contribution < 1.29 is 22.7 Å². The fourth-order valence-electron chi connectivity index (χ4n) is 4.75. The van der Waals surface area contributed by atoms with Crippen LogP contribution in [0, 0.1) is 6.92 Å². The van der Waals surface area contributed by atoms with Gasteiger partial charge in [-0.25, -0.2) is 13.1 Å². The minimum atomic E-state index is -4.03. The van der Waals surface area contributed by atoms with Crippen molar-refractivity contribution in [2.45, 2.75) is 38.5 Å². The number of sulfonamides is 1. The number of hydrogen-bond donors (Lipinski definition) is 2. The Kier molecular flexibility index (Phi) is 8.98. The number of benzene rings is 3. The molecule has 0 aliphatic heterocycles. The molecule has 0 aliphatic rings. The van der Waals surface area contributed by atoms with Crippen LogP contribution in [0.2, 0.25) is 0 Å². The monoisotopic (exact) mass is 573 g/mol. The van der Waals surface area contributed by atoms with E-state index >= 15 is 0 Å². The second-order valence-corrected chi connectivity index (χ2v) is 11.7. The Balaban J connectivity index is 1.60. The largest absolute Gasteiger partial charge is 0.496 e. The maximum Gasteiger partial charge on any atom is 0.265 e. The van der Waals surface area contributed by atoms with Gasteiger partial charge in [0.25, 0.3) is 15.9 Å². The second kappa shape index (κ2) is 12.4. The summed E-state index contributed by atoms with van der Waals surface area (Å²) in [5.41, 5.74) is 5.20. The Bertz CT molecular complexity index is 1750. The van der Waals surface area contributed by atoms with Crippen LogP contribution in [0.25, 0.3) is 17.0 Å². The molecule has 0 aliphatic carbocycles. The van der Waals surface area contributed by atoms with E-state index in [-0.39, 0.29) is 16.4 Å². The lowest BCUT2D eigenvalue weighted by Gasteiger charge is -2.12. The number of ether oxygens (including phenoxy) is 1. The van der Waals surface area contributed by atoms with E-state index in [1.165, 1.54) is 13.2 Å². The van der Waals surface area contributed by atoms with Gasteiger partial charge in [0.05, 0.1) is 12.0 Å². The van der Waals surface area contributed by atoms with Crippen molar-refractivity contribution in [1.82, 2.24) is 14.6 Å². The van der Waals surface area contributed by atoms with Gasteiger partial charge >= 0.3 is 0 Å². The number of nitrogens with one attached hydrogen (secondary N) is 2. The van der Waals surface area contributed by atoms with Crippen LogP contribution in [0.15, 0.2) is 77.3 Å². The van der Waals surface area contributed by atoms with Gasteiger partial charge in [0.2, 0.25) is 5.91 Å². The van der Waals surface area contributed by atoms with E-state index in [0.717, 1.165) is 34.0 Å². The lowest BCUT2D eigenvalue weighted by molar-refractivity contribution is -0.117. The molecule has 0 fully saturated rings. The number of hydrogen-bond acceptors (Lipinski definition) is 5. The molecule has 1 heterocycles. The Labute approximate surface area is 241 Å². The van der Waals surface area contributed by atoms with Gasteiger partial charge in [-0.15, -0.1) is 0 Å². The molecule has 4 rings (SSSR count). The molecule has 9 heteroatoms. The molecule has 4 aromatic rings. The van der Waals surface area contributed by atoms with Gasteiger partial charge < -0.3 is 14.6 Å². The van der Waals surface area contributed by atoms with Crippen LogP contribution in [-0.2, 0) is 28.3 Å². The number of fused-ring (bicyclic) bond motifs is 1. The molecule has 0 bridgehead atoms. The van der Waals surface area contributed by atoms with Gasteiger partial charge in [-0.05, 0) is 78.9 Å². The predicted octanol–water partition coefficient (Wildman–Crippen LogP) is 5.13. The van der Waals surface area contributed by atoms with E-state index in [2.05, 4.69) is 16.1 Å². The topological polar surface area (TPSA) is 106 Å². The van der Waals surface area contributed by atoms with E-state index in [9.17, 15) is 18.0 Å². The van der Waals surface area contributed by atoms with Crippen LogP contribution in [-0.4, -0.2) is 38.5 Å². The van der Waals surface area contributed by atoms with Crippen molar-refractivity contribution in [2.75, 3.05) is 13.7 Å². The van der Waals surface area contributed by atoms with Crippen molar-refractivity contribution in [3.8, 4) is 5.75 Å². The minimum absolute atomic E-state index is 0.0545. The van der Waals surface area contributed by atoms with Gasteiger partial charge in [-0.2, -0.15) is 0 Å². The molecule has 2 amide bonds. The number of nitrogens with zero attached hydrogens (tertiary/aromatic N) is 1. The summed E-state index contributed by atoms with van der Waals surface area (Å²) in [6.07, 6.45) is 5.32. The van der Waals surface area contributed by atoms with Gasteiger partial charge in [0.1, 0.15) is 5.75 Å². The molecule has 0 spiro atoms. The summed E-state index contributed by atoms with van der Waals surface area (Å²) < 4.78 is 35.4. The Hall–Kier alpha value is -4.37. The summed E-state index contributed by atoms with van der Waals surface area (Å²) in [6.45, 7) is 6.13. The summed E-state index contributed by atoms with van der Waals surface area (Å²) in [4.78, 5) is 25.3. The van der Waals surface area contributed by atoms with Gasteiger partial charge in [-0.1, -0.05) is 37.3 Å². The zero-order valence-electron chi connectivity index (χ0n) is 23.9. The maximum absolute atomic E-state index is 12.9. The highest BCUT2D eigenvalue weighted by atomic mass is 32.2. The summed E-state index contributed by atoms with van der Waals surface area (Å²) >= 11 is 0. The zero-order chi connectivity index (χ0) is 29.7. The number of rotatable bonds is 10. The predicted molar refractivity (Wildman–Crippen MR) is 162 cm³/mol. The number of carbonyl (C=O) groups is 2. The molecule has 0 radical (unpaired) electrons. The fraction of sp³-hybridized carbons (Fsp3) is 0.250. The first-order valence-electron chi connectivity index (χ1n) is 13.4. The van der Waals surface area contributed by atoms with Crippen LogP contribution in [0.4, 0.5) is 0 Å². The first-order valence-corrected chi connectivity index (χ1v) is 14.9. The quantitative estimate of drug-likeness (QED) is 0.256. The normalized spacial score (nSPS) is 11.9. The second-order valence-electron chi connectivity index (χ2n) is 10.0. The highest BCUT2D eigenvalue weighted by Crippen LogP contribution is 2.29. The number of methoxy groups -OCH3 is 1. The highest BCUT2D eigenvalue weighted by molar-refractivity contribution is 7.90. The van der Waals surface area contributed by atoms with Crippen LogP contribution in [0.1, 0.15) is 52.9 Å². The maximum atomic E-state index is 12.9. The van der Waals surface area contributed by atoms with Crippen LogP contribution in [0.5, 0.6) is 5.75 Å². The average Bonchev–Trinajstić information content (AvgIpc) is 3.25. The molecule has 0 unspecified atom stereocenters. The lowest BCUT2D eigenvalue weighted by atomic mass is 10.00. The Morgan fingerprint density at radius 2 is 1.78 bits per heavy atom. The number of aromatic nitrogens is 1. The SMILES string of the molecule is CCCNC(=O)C(C)=Cc1ccc2c(c1)c(Cc1ccc(C(=O)NS(=O)(=O)c3ccccc3C)cc1OC)cn2C. The van der Waals surface area contributed by atoms with Crippen LogP contribution >= 0.6 is 0 Å². The Morgan fingerprint density at radius 3 is 2.49 bits per heavy atom. The Morgan fingerprint density at radius 1 is 1.02 bits per heavy atom. The number of amides is 2. The first-order chi connectivity index (χ1) is 19.5. The minimum Gasteiger partial charge on any atom is -0.496 e. The van der Waals surface area contributed by atoms with E-state index in [1.54, 1.807) is 50.2 Å². The molecule has 0 atom stereocenters. The number of aryl methyl sites for hydroxylation is 2. The first kappa shape index (κ1) is 29.6.